The maximum atomic E-state index is 12.3. The number of benzene rings is 2. The highest BCUT2D eigenvalue weighted by Crippen LogP contribution is 2.19. The predicted octanol–water partition coefficient (Wildman–Crippen LogP) is 3.91. The Balaban J connectivity index is 1.37. The maximum absolute atomic E-state index is 12.3. The third-order valence-electron chi connectivity index (χ3n) is 4.72. The van der Waals surface area contributed by atoms with E-state index in [-0.39, 0.29) is 24.7 Å². The van der Waals surface area contributed by atoms with Gasteiger partial charge in [-0.25, -0.2) is 4.98 Å². The van der Waals surface area contributed by atoms with Gasteiger partial charge in [-0.2, -0.15) is 0 Å². The Morgan fingerprint density at radius 3 is 2.53 bits per heavy atom. The first-order valence-electron chi connectivity index (χ1n) is 10.2. The fourth-order valence-electron chi connectivity index (χ4n) is 3.20. The molecule has 0 fully saturated rings. The Morgan fingerprint density at radius 2 is 1.72 bits per heavy atom. The third-order valence-corrected chi connectivity index (χ3v) is 4.72. The van der Waals surface area contributed by atoms with Gasteiger partial charge in [0.15, 0.2) is 6.61 Å². The smallest absolute Gasteiger partial charge is 0.262 e. The van der Waals surface area contributed by atoms with Crippen molar-refractivity contribution in [3.05, 3.63) is 100 Å². The molecule has 4 rings (SSSR count). The minimum atomic E-state index is -0.275. The van der Waals surface area contributed by atoms with Crippen LogP contribution >= 0.6 is 0 Å². The number of aromatic nitrogens is 2. The lowest BCUT2D eigenvalue weighted by Gasteiger charge is -2.10. The molecule has 0 unspecified atom stereocenters. The van der Waals surface area contributed by atoms with Gasteiger partial charge in [0, 0.05) is 24.0 Å². The van der Waals surface area contributed by atoms with Gasteiger partial charge in [-0.1, -0.05) is 24.3 Å². The van der Waals surface area contributed by atoms with Crippen molar-refractivity contribution in [3.63, 3.8) is 0 Å². The second kappa shape index (κ2) is 9.34. The number of anilines is 1. The Hall–Kier alpha value is -4.13. The largest absolute Gasteiger partial charge is 0.487 e. The van der Waals surface area contributed by atoms with Crippen LogP contribution < -0.4 is 20.3 Å². The van der Waals surface area contributed by atoms with E-state index in [2.05, 4.69) is 10.3 Å². The molecule has 1 N–H and O–H groups in total. The monoisotopic (exact) mass is 429 g/mol. The van der Waals surface area contributed by atoms with Gasteiger partial charge in [0.05, 0.1) is 5.69 Å². The van der Waals surface area contributed by atoms with Crippen LogP contribution in [0.15, 0.2) is 77.7 Å². The molecule has 0 radical (unpaired) electrons. The zero-order valence-electron chi connectivity index (χ0n) is 17.9. The zero-order valence-corrected chi connectivity index (χ0v) is 17.9. The number of pyridine rings is 1. The number of hydrogen-bond acceptors (Lipinski definition) is 5. The lowest BCUT2D eigenvalue weighted by atomic mass is 10.2. The van der Waals surface area contributed by atoms with Gasteiger partial charge < -0.3 is 14.8 Å². The lowest BCUT2D eigenvalue weighted by molar-refractivity contribution is -0.118. The quantitative estimate of drug-likeness (QED) is 0.482. The van der Waals surface area contributed by atoms with Gasteiger partial charge in [-0.05, 0) is 55.3 Å². The summed E-state index contributed by atoms with van der Waals surface area (Å²) in [5.41, 5.74) is 3.56. The molecule has 0 saturated carbocycles. The van der Waals surface area contributed by atoms with E-state index in [0.717, 1.165) is 11.1 Å². The van der Waals surface area contributed by atoms with Crippen molar-refractivity contribution in [2.75, 3.05) is 11.9 Å². The van der Waals surface area contributed by atoms with E-state index < -0.39 is 0 Å². The predicted molar refractivity (Wildman–Crippen MR) is 122 cm³/mol. The number of rotatable bonds is 7. The Kier molecular flexibility index (Phi) is 6.17. The van der Waals surface area contributed by atoms with Crippen LogP contribution in [0, 0.1) is 13.8 Å². The molecule has 7 heteroatoms. The molecule has 32 heavy (non-hydrogen) atoms. The molecule has 0 aliphatic carbocycles. The van der Waals surface area contributed by atoms with Crippen LogP contribution in [0.25, 0.3) is 5.65 Å². The van der Waals surface area contributed by atoms with E-state index >= 15 is 0 Å². The van der Waals surface area contributed by atoms with Crippen LogP contribution in [0.2, 0.25) is 0 Å². The highest BCUT2D eigenvalue weighted by molar-refractivity contribution is 5.92. The van der Waals surface area contributed by atoms with Crippen LogP contribution in [0.5, 0.6) is 11.5 Å². The lowest BCUT2D eigenvalue weighted by Crippen LogP contribution is -2.20. The molecule has 0 bridgehead atoms. The van der Waals surface area contributed by atoms with Crippen LogP contribution in [0.3, 0.4) is 0 Å². The molecular formula is C25H23N3O4. The van der Waals surface area contributed by atoms with Gasteiger partial charge in [0.25, 0.3) is 11.5 Å². The number of nitrogens with one attached hydrogen (secondary N) is 1. The maximum Gasteiger partial charge on any atom is 0.262 e. The number of ether oxygens (including phenoxy) is 2. The van der Waals surface area contributed by atoms with E-state index in [9.17, 15) is 9.59 Å². The van der Waals surface area contributed by atoms with Crippen molar-refractivity contribution in [2.24, 2.45) is 0 Å². The molecule has 4 aromatic rings. The standard InChI is InChI=1S/C25H23N3O4/c1-17-5-3-7-21(11-17)32-16-24(29)27-19-6-4-8-22(12-19)31-15-20-13-25(30)28-14-18(2)9-10-23(28)26-20/h3-14H,15-16H2,1-2H3,(H,27,29). The number of amides is 1. The number of fused-ring (bicyclic) bond motifs is 1. The molecule has 2 heterocycles. The van der Waals surface area contributed by atoms with Crippen LogP contribution in [0.4, 0.5) is 5.69 Å². The van der Waals surface area contributed by atoms with E-state index in [1.54, 1.807) is 36.5 Å². The SMILES string of the molecule is Cc1cccc(OCC(=O)Nc2cccc(OCc3cc(=O)n4cc(C)ccc4n3)c2)c1. The second-order valence-corrected chi connectivity index (χ2v) is 7.49. The minimum absolute atomic E-state index is 0.0982. The fraction of sp³-hybridized carbons (Fsp3) is 0.160. The summed E-state index contributed by atoms with van der Waals surface area (Å²) in [5, 5.41) is 2.79. The Labute approximate surface area is 185 Å². The number of aryl methyl sites for hydroxylation is 2. The molecule has 2 aromatic carbocycles. The van der Waals surface area contributed by atoms with Crippen LogP contribution in [0.1, 0.15) is 16.8 Å². The first-order valence-corrected chi connectivity index (χ1v) is 10.2. The molecule has 0 atom stereocenters. The van der Waals surface area contributed by atoms with Gasteiger partial charge in [0.1, 0.15) is 23.8 Å². The zero-order chi connectivity index (χ0) is 22.5. The van der Waals surface area contributed by atoms with Gasteiger partial charge in [-0.15, -0.1) is 0 Å². The molecule has 0 aliphatic rings. The van der Waals surface area contributed by atoms with Gasteiger partial charge in [0.2, 0.25) is 0 Å². The molecule has 1 amide bonds. The van der Waals surface area contributed by atoms with E-state index in [1.807, 2.05) is 44.2 Å². The summed E-state index contributed by atoms with van der Waals surface area (Å²) in [4.78, 5) is 29.0. The molecule has 7 nitrogen and oxygen atoms in total. The topological polar surface area (TPSA) is 81.9 Å². The average Bonchev–Trinajstić information content (AvgIpc) is 2.77. The molecule has 0 aliphatic heterocycles. The summed E-state index contributed by atoms with van der Waals surface area (Å²) in [5.74, 6) is 0.919. The first-order chi connectivity index (χ1) is 15.5. The third kappa shape index (κ3) is 5.31. The number of carbonyl (C=O) groups excluding carboxylic acids is 1. The average molecular weight is 429 g/mol. The highest BCUT2D eigenvalue weighted by atomic mass is 16.5. The molecule has 2 aromatic heterocycles. The van der Waals surface area contributed by atoms with Crippen molar-refractivity contribution in [1.29, 1.82) is 0 Å². The molecule has 0 saturated heterocycles. The molecule has 162 valence electrons. The number of hydrogen-bond donors (Lipinski definition) is 1. The molecule has 0 spiro atoms. The highest BCUT2D eigenvalue weighted by Gasteiger charge is 2.07. The Bertz CT molecular complexity index is 1330. The fourth-order valence-corrected chi connectivity index (χ4v) is 3.20. The first kappa shape index (κ1) is 21.1. The molecular weight excluding hydrogens is 406 g/mol. The number of nitrogens with zero attached hydrogens (tertiary/aromatic N) is 2. The van der Waals surface area contributed by atoms with E-state index in [0.29, 0.717) is 28.5 Å². The van der Waals surface area contributed by atoms with Crippen molar-refractivity contribution < 1.29 is 14.3 Å². The summed E-state index contributed by atoms with van der Waals surface area (Å²) < 4.78 is 12.8. The van der Waals surface area contributed by atoms with Crippen molar-refractivity contribution in [2.45, 2.75) is 20.5 Å². The van der Waals surface area contributed by atoms with Gasteiger partial charge >= 0.3 is 0 Å². The van der Waals surface area contributed by atoms with Gasteiger partial charge in [-0.3, -0.25) is 14.0 Å². The van der Waals surface area contributed by atoms with Crippen LogP contribution in [-0.4, -0.2) is 21.9 Å². The van der Waals surface area contributed by atoms with E-state index in [1.165, 1.54) is 10.5 Å². The minimum Gasteiger partial charge on any atom is -0.487 e. The normalized spacial score (nSPS) is 10.7. The summed E-state index contributed by atoms with van der Waals surface area (Å²) >= 11 is 0. The van der Waals surface area contributed by atoms with Crippen molar-refractivity contribution >= 4 is 17.2 Å². The summed E-state index contributed by atoms with van der Waals surface area (Å²) in [6, 6.07) is 19.7. The Morgan fingerprint density at radius 1 is 0.938 bits per heavy atom. The van der Waals surface area contributed by atoms with Crippen LogP contribution in [-0.2, 0) is 11.4 Å². The summed E-state index contributed by atoms with van der Waals surface area (Å²) in [7, 11) is 0. The van der Waals surface area contributed by atoms with Crippen molar-refractivity contribution in [3.8, 4) is 11.5 Å². The van der Waals surface area contributed by atoms with Crippen molar-refractivity contribution in [1.82, 2.24) is 9.38 Å². The summed E-state index contributed by atoms with van der Waals surface area (Å²) in [6.07, 6.45) is 1.75. The number of carbonyl (C=O) groups is 1. The second-order valence-electron chi connectivity index (χ2n) is 7.49. The van der Waals surface area contributed by atoms with E-state index in [4.69, 9.17) is 9.47 Å². The summed E-state index contributed by atoms with van der Waals surface area (Å²) in [6.45, 7) is 3.92.